The quantitative estimate of drug-likeness (QED) is 0.206. The van der Waals surface area contributed by atoms with Crippen molar-refractivity contribution >= 4 is 23.7 Å². The van der Waals surface area contributed by atoms with E-state index >= 15 is 0 Å². The van der Waals surface area contributed by atoms with Crippen LogP contribution >= 0.6 is 0 Å². The molecule has 11 atom stereocenters. The SMILES string of the molecule is C=C1C(OC(=O)C(C)C)C(OC(=O)C(C)CC)C(O)C(C)(C)C=CC(C)C(=O)C2(O)CC(C)C(O)C2C1OC(=O)C(C)CC. The van der Waals surface area contributed by atoms with Gasteiger partial charge in [0.05, 0.1) is 29.8 Å². The Morgan fingerprint density at radius 3 is 1.93 bits per heavy atom. The zero-order valence-corrected chi connectivity index (χ0v) is 28.0. The van der Waals surface area contributed by atoms with Crippen LogP contribution in [0.15, 0.2) is 24.3 Å². The lowest BCUT2D eigenvalue weighted by molar-refractivity contribution is -0.188. The first-order valence-corrected chi connectivity index (χ1v) is 15.9. The van der Waals surface area contributed by atoms with Gasteiger partial charge < -0.3 is 29.5 Å². The second kappa shape index (κ2) is 14.7. The number of hydrogen-bond acceptors (Lipinski definition) is 10. The van der Waals surface area contributed by atoms with Gasteiger partial charge in [-0.15, -0.1) is 0 Å². The van der Waals surface area contributed by atoms with E-state index < -0.39 is 101 Å². The second-order valence-electron chi connectivity index (χ2n) is 13.9. The highest BCUT2D eigenvalue weighted by atomic mass is 16.6. The van der Waals surface area contributed by atoms with Gasteiger partial charge in [-0.25, -0.2) is 0 Å². The summed E-state index contributed by atoms with van der Waals surface area (Å²) in [5, 5.41) is 35.4. The third kappa shape index (κ3) is 7.80. The van der Waals surface area contributed by atoms with Crippen LogP contribution in [-0.4, -0.2) is 75.1 Å². The molecule has 1 saturated carbocycles. The van der Waals surface area contributed by atoms with Gasteiger partial charge in [0.15, 0.2) is 18.0 Å². The highest BCUT2D eigenvalue weighted by Gasteiger charge is 2.61. The van der Waals surface area contributed by atoms with Crippen molar-refractivity contribution in [1.29, 1.82) is 0 Å². The van der Waals surface area contributed by atoms with Crippen LogP contribution in [-0.2, 0) is 33.4 Å². The van der Waals surface area contributed by atoms with Crippen LogP contribution in [0.25, 0.3) is 0 Å². The summed E-state index contributed by atoms with van der Waals surface area (Å²) in [4.78, 5) is 53.6. The molecule has 0 spiro atoms. The average Bonchev–Trinajstić information content (AvgIpc) is 3.20. The lowest BCUT2D eigenvalue weighted by Gasteiger charge is -2.43. The Balaban J connectivity index is 2.96. The lowest BCUT2D eigenvalue weighted by atomic mass is 9.72. The molecule has 0 aromatic carbocycles. The van der Waals surface area contributed by atoms with Crippen LogP contribution in [0.3, 0.4) is 0 Å². The van der Waals surface area contributed by atoms with Crippen LogP contribution in [0, 0.1) is 40.9 Å². The first-order chi connectivity index (χ1) is 20.2. The number of aliphatic hydroxyl groups excluding tert-OH is 2. The number of ether oxygens (including phenoxy) is 3. The summed E-state index contributed by atoms with van der Waals surface area (Å²) in [5.41, 5.74) is -3.43. The lowest BCUT2D eigenvalue weighted by Crippen LogP contribution is -2.57. The predicted molar refractivity (Wildman–Crippen MR) is 164 cm³/mol. The highest BCUT2D eigenvalue weighted by molar-refractivity contribution is 5.91. The highest BCUT2D eigenvalue weighted by Crippen LogP contribution is 2.48. The molecule has 0 saturated heterocycles. The number of carbonyl (C=O) groups excluding carboxylic acids is 4. The van der Waals surface area contributed by atoms with E-state index in [2.05, 4.69) is 6.58 Å². The molecule has 2 aliphatic carbocycles. The van der Waals surface area contributed by atoms with Crippen molar-refractivity contribution in [3.8, 4) is 0 Å². The summed E-state index contributed by atoms with van der Waals surface area (Å²) in [6, 6.07) is 0. The molecule has 3 N–H and O–H groups in total. The molecule has 10 heteroatoms. The molecule has 44 heavy (non-hydrogen) atoms. The Morgan fingerprint density at radius 2 is 1.43 bits per heavy atom. The van der Waals surface area contributed by atoms with Crippen molar-refractivity contribution in [2.45, 2.75) is 125 Å². The summed E-state index contributed by atoms with van der Waals surface area (Å²) < 4.78 is 17.8. The molecule has 0 amide bonds. The van der Waals surface area contributed by atoms with Crippen LogP contribution in [0.5, 0.6) is 0 Å². The van der Waals surface area contributed by atoms with E-state index in [0.29, 0.717) is 12.8 Å². The summed E-state index contributed by atoms with van der Waals surface area (Å²) in [6.07, 6.45) is -3.57. The largest absolute Gasteiger partial charge is 0.457 e. The number of fused-ring (bicyclic) bond motifs is 1. The number of Topliss-reactive ketones (excluding diaryl/α,β-unsaturated/α-hetero) is 1. The molecule has 0 heterocycles. The van der Waals surface area contributed by atoms with Crippen molar-refractivity contribution in [2.75, 3.05) is 0 Å². The minimum Gasteiger partial charge on any atom is -0.457 e. The monoisotopic (exact) mass is 622 g/mol. The normalized spacial score (nSPS) is 35.6. The van der Waals surface area contributed by atoms with Crippen molar-refractivity contribution in [3.63, 3.8) is 0 Å². The van der Waals surface area contributed by atoms with Gasteiger partial charge in [0, 0.05) is 16.9 Å². The van der Waals surface area contributed by atoms with Gasteiger partial charge in [0.1, 0.15) is 17.8 Å². The van der Waals surface area contributed by atoms with Crippen molar-refractivity contribution in [1.82, 2.24) is 0 Å². The van der Waals surface area contributed by atoms with E-state index in [9.17, 15) is 34.5 Å². The number of ketones is 1. The van der Waals surface area contributed by atoms with Gasteiger partial charge in [-0.3, -0.25) is 19.2 Å². The summed E-state index contributed by atoms with van der Waals surface area (Å²) in [6.45, 7) is 20.9. The Kier molecular flexibility index (Phi) is 12.6. The molecular weight excluding hydrogens is 568 g/mol. The van der Waals surface area contributed by atoms with Crippen molar-refractivity contribution in [3.05, 3.63) is 24.3 Å². The van der Waals surface area contributed by atoms with Crippen molar-refractivity contribution in [2.24, 2.45) is 40.9 Å². The van der Waals surface area contributed by atoms with E-state index in [-0.39, 0.29) is 12.0 Å². The molecule has 0 aromatic heterocycles. The average molecular weight is 623 g/mol. The van der Waals surface area contributed by atoms with Gasteiger partial charge in [0.25, 0.3) is 0 Å². The Hall–Kier alpha value is -2.56. The third-order valence-electron chi connectivity index (χ3n) is 9.46. The first kappa shape index (κ1) is 37.6. The summed E-state index contributed by atoms with van der Waals surface area (Å²) in [7, 11) is 0. The maximum Gasteiger partial charge on any atom is 0.309 e. The Bertz CT molecular complexity index is 1110. The number of carbonyl (C=O) groups is 4. The maximum absolute atomic E-state index is 13.9. The molecule has 11 unspecified atom stereocenters. The van der Waals surface area contributed by atoms with Crippen LogP contribution in [0.1, 0.15) is 88.5 Å². The van der Waals surface area contributed by atoms with Gasteiger partial charge in [-0.1, -0.05) is 88.0 Å². The van der Waals surface area contributed by atoms with Crippen LogP contribution < -0.4 is 0 Å². The zero-order valence-electron chi connectivity index (χ0n) is 28.0. The fourth-order valence-electron chi connectivity index (χ4n) is 5.75. The molecule has 0 aromatic rings. The number of allylic oxidation sites excluding steroid dienone is 1. The molecule has 2 aliphatic rings. The minimum absolute atomic E-state index is 0.116. The molecular formula is C34H54O10. The van der Waals surface area contributed by atoms with E-state index in [0.717, 1.165) is 0 Å². The standard InChI is InChI=1S/C34H54O10/c1-12-18(5)31(39)42-25-22(9)26(43-30(38)17(3)4)27(44-32(40)19(6)13-2)29(37)33(10,11)15-14-20(7)28(36)34(41)16-21(8)24(35)23(25)34/h14-15,17-21,23-27,29,35,37,41H,9,12-13,16H2,1-8,10-11H3. The maximum atomic E-state index is 13.9. The Morgan fingerprint density at radius 1 is 0.932 bits per heavy atom. The smallest absolute Gasteiger partial charge is 0.309 e. The summed E-state index contributed by atoms with van der Waals surface area (Å²) in [5.74, 6) is -7.25. The zero-order chi connectivity index (χ0) is 33.9. The minimum atomic E-state index is -2.15. The number of rotatable bonds is 8. The number of esters is 3. The number of hydrogen-bond donors (Lipinski definition) is 3. The van der Waals surface area contributed by atoms with Crippen LogP contribution in [0.2, 0.25) is 0 Å². The van der Waals surface area contributed by atoms with E-state index in [1.165, 1.54) is 0 Å². The van der Waals surface area contributed by atoms with Gasteiger partial charge in [0.2, 0.25) is 0 Å². The molecule has 0 radical (unpaired) electrons. The second-order valence-corrected chi connectivity index (χ2v) is 13.9. The van der Waals surface area contributed by atoms with Crippen molar-refractivity contribution < 1.29 is 48.7 Å². The van der Waals surface area contributed by atoms with E-state index in [4.69, 9.17) is 14.2 Å². The van der Waals surface area contributed by atoms with Crippen LogP contribution in [0.4, 0.5) is 0 Å². The molecule has 2 rings (SSSR count). The molecule has 0 aliphatic heterocycles. The topological polar surface area (TPSA) is 157 Å². The van der Waals surface area contributed by atoms with E-state index in [1.54, 1.807) is 81.4 Å². The van der Waals surface area contributed by atoms with Gasteiger partial charge >= 0.3 is 17.9 Å². The van der Waals surface area contributed by atoms with E-state index in [1.807, 2.05) is 0 Å². The molecule has 250 valence electrons. The number of aliphatic hydroxyl groups is 3. The summed E-state index contributed by atoms with van der Waals surface area (Å²) >= 11 is 0. The first-order valence-electron chi connectivity index (χ1n) is 15.9. The van der Waals surface area contributed by atoms with Gasteiger partial charge in [-0.05, 0) is 25.2 Å². The molecule has 1 fully saturated rings. The van der Waals surface area contributed by atoms with Gasteiger partial charge in [-0.2, -0.15) is 0 Å². The fraction of sp³-hybridized carbons (Fsp3) is 0.765. The molecule has 10 nitrogen and oxygen atoms in total. The fourth-order valence-corrected chi connectivity index (χ4v) is 5.75. The molecule has 0 bridgehead atoms. The predicted octanol–water partition coefficient (Wildman–Crippen LogP) is 3.94. The third-order valence-corrected chi connectivity index (χ3v) is 9.46. The Labute approximate surface area is 262 Å².